The highest BCUT2D eigenvalue weighted by atomic mass is 16.3. The van der Waals surface area contributed by atoms with E-state index in [4.69, 9.17) is 0 Å². The first kappa shape index (κ1) is 14.0. The normalized spacial score (nSPS) is 43.5. The van der Waals surface area contributed by atoms with Gasteiger partial charge in [-0.1, -0.05) is 31.6 Å². The van der Waals surface area contributed by atoms with Crippen molar-refractivity contribution >= 4 is 0 Å². The van der Waals surface area contributed by atoms with E-state index in [0.717, 1.165) is 18.3 Å². The highest BCUT2D eigenvalue weighted by Gasteiger charge is 2.50. The second kappa shape index (κ2) is 5.09. The van der Waals surface area contributed by atoms with Gasteiger partial charge >= 0.3 is 0 Å². The molecule has 20 heavy (non-hydrogen) atoms. The van der Waals surface area contributed by atoms with Crippen LogP contribution in [0, 0.1) is 23.2 Å². The first-order chi connectivity index (χ1) is 9.51. The minimum Gasteiger partial charge on any atom is -0.513 e. The Morgan fingerprint density at radius 3 is 2.85 bits per heavy atom. The summed E-state index contributed by atoms with van der Waals surface area (Å²) in [6.07, 6.45) is 13.5. The van der Waals surface area contributed by atoms with Gasteiger partial charge in [-0.2, -0.15) is 0 Å². The van der Waals surface area contributed by atoms with Gasteiger partial charge in [0.25, 0.3) is 0 Å². The van der Waals surface area contributed by atoms with E-state index in [0.29, 0.717) is 17.1 Å². The van der Waals surface area contributed by atoms with Gasteiger partial charge < -0.3 is 5.11 Å². The van der Waals surface area contributed by atoms with Crippen LogP contribution in [-0.2, 0) is 0 Å². The highest BCUT2D eigenvalue weighted by Crippen LogP contribution is 2.60. The van der Waals surface area contributed by atoms with Crippen LogP contribution in [0.5, 0.6) is 0 Å². The van der Waals surface area contributed by atoms with Crippen molar-refractivity contribution in [1.82, 2.24) is 0 Å². The highest BCUT2D eigenvalue weighted by molar-refractivity contribution is 5.37. The van der Waals surface area contributed by atoms with Crippen molar-refractivity contribution in [3.05, 3.63) is 35.6 Å². The van der Waals surface area contributed by atoms with E-state index in [-0.39, 0.29) is 0 Å². The standard InChI is InChI=1S/C19H28O/c1-13-6-8-17-16(15(13)9-7-14(2)20)10-12-19(3)11-4-5-18(17)19/h7,9,16-18,20H,1,4-6,8,10-12H2,2-3H3/b14-7+,15-9+. The topological polar surface area (TPSA) is 20.2 Å². The largest absolute Gasteiger partial charge is 0.513 e. The first-order valence-electron chi connectivity index (χ1n) is 8.27. The summed E-state index contributed by atoms with van der Waals surface area (Å²) in [4.78, 5) is 0. The number of aliphatic hydroxyl groups is 1. The van der Waals surface area contributed by atoms with Gasteiger partial charge in [-0.3, -0.25) is 0 Å². The fraction of sp³-hybridized carbons (Fsp3) is 0.684. The van der Waals surface area contributed by atoms with Gasteiger partial charge in [0.15, 0.2) is 0 Å². The van der Waals surface area contributed by atoms with Gasteiger partial charge in [-0.15, -0.1) is 0 Å². The monoisotopic (exact) mass is 272 g/mol. The van der Waals surface area contributed by atoms with Crippen molar-refractivity contribution in [3.8, 4) is 0 Å². The number of fused-ring (bicyclic) bond motifs is 3. The lowest BCUT2D eigenvalue weighted by Crippen LogP contribution is -2.41. The fourth-order valence-corrected chi connectivity index (χ4v) is 5.27. The molecule has 4 unspecified atom stereocenters. The van der Waals surface area contributed by atoms with Crippen LogP contribution in [0.3, 0.4) is 0 Å². The van der Waals surface area contributed by atoms with E-state index in [1.54, 1.807) is 6.92 Å². The quantitative estimate of drug-likeness (QED) is 0.620. The number of allylic oxidation sites excluding steroid dienone is 5. The zero-order valence-electron chi connectivity index (χ0n) is 13.0. The summed E-state index contributed by atoms with van der Waals surface area (Å²) in [5.41, 5.74) is 3.36. The molecular formula is C19H28O. The Balaban J connectivity index is 1.90. The Labute approximate surface area is 123 Å². The molecule has 0 amide bonds. The van der Waals surface area contributed by atoms with Gasteiger partial charge in [-0.25, -0.2) is 0 Å². The molecule has 1 nitrogen and oxygen atoms in total. The van der Waals surface area contributed by atoms with E-state index >= 15 is 0 Å². The van der Waals surface area contributed by atoms with Gasteiger partial charge in [0, 0.05) is 0 Å². The van der Waals surface area contributed by atoms with Crippen molar-refractivity contribution in [2.45, 2.75) is 58.8 Å². The third-order valence-electron chi connectivity index (χ3n) is 6.31. The number of aliphatic hydroxyl groups excluding tert-OH is 1. The smallest absolute Gasteiger partial charge is 0.0891 e. The lowest BCUT2D eigenvalue weighted by atomic mass is 9.55. The van der Waals surface area contributed by atoms with Gasteiger partial charge in [-0.05, 0) is 80.3 Å². The molecule has 0 aromatic carbocycles. The van der Waals surface area contributed by atoms with Crippen LogP contribution in [0.4, 0.5) is 0 Å². The van der Waals surface area contributed by atoms with Gasteiger partial charge in [0.1, 0.15) is 0 Å². The number of hydrogen-bond donors (Lipinski definition) is 1. The molecule has 0 heterocycles. The van der Waals surface area contributed by atoms with Gasteiger partial charge in [0.2, 0.25) is 0 Å². The molecule has 3 aliphatic rings. The van der Waals surface area contributed by atoms with Gasteiger partial charge in [0.05, 0.1) is 5.76 Å². The zero-order chi connectivity index (χ0) is 14.3. The van der Waals surface area contributed by atoms with Crippen LogP contribution in [0.25, 0.3) is 0 Å². The van der Waals surface area contributed by atoms with E-state index in [2.05, 4.69) is 19.6 Å². The Bertz CT molecular complexity index is 466. The van der Waals surface area contributed by atoms with Crippen LogP contribution in [0.2, 0.25) is 0 Å². The summed E-state index contributed by atoms with van der Waals surface area (Å²) in [7, 11) is 0. The summed E-state index contributed by atoms with van der Waals surface area (Å²) < 4.78 is 0. The van der Waals surface area contributed by atoms with Crippen molar-refractivity contribution in [3.63, 3.8) is 0 Å². The van der Waals surface area contributed by atoms with Crippen molar-refractivity contribution in [2.75, 3.05) is 0 Å². The lowest BCUT2D eigenvalue weighted by molar-refractivity contribution is 0.0441. The Morgan fingerprint density at radius 1 is 1.30 bits per heavy atom. The van der Waals surface area contributed by atoms with Crippen LogP contribution in [0.15, 0.2) is 35.6 Å². The molecule has 3 rings (SSSR count). The molecule has 0 aromatic heterocycles. The van der Waals surface area contributed by atoms with Crippen LogP contribution in [0.1, 0.15) is 58.8 Å². The predicted molar refractivity (Wildman–Crippen MR) is 84.5 cm³/mol. The van der Waals surface area contributed by atoms with E-state index < -0.39 is 0 Å². The molecule has 1 N–H and O–H groups in total. The maximum Gasteiger partial charge on any atom is 0.0891 e. The predicted octanol–water partition coefficient (Wildman–Crippen LogP) is 5.56. The molecule has 0 radical (unpaired) electrons. The van der Waals surface area contributed by atoms with E-state index in [9.17, 15) is 5.11 Å². The molecule has 4 atom stereocenters. The van der Waals surface area contributed by atoms with E-state index in [1.807, 2.05) is 6.08 Å². The van der Waals surface area contributed by atoms with E-state index in [1.165, 1.54) is 49.7 Å². The molecule has 0 aliphatic heterocycles. The second-order valence-electron chi connectivity index (χ2n) is 7.53. The average Bonchev–Trinajstić information content (AvgIpc) is 2.79. The molecular weight excluding hydrogens is 244 g/mol. The summed E-state index contributed by atoms with van der Waals surface area (Å²) in [5.74, 6) is 2.88. The third-order valence-corrected chi connectivity index (χ3v) is 6.31. The molecule has 0 aromatic rings. The molecule has 1 heteroatoms. The summed E-state index contributed by atoms with van der Waals surface area (Å²) in [6.45, 7) is 8.57. The third kappa shape index (κ3) is 2.25. The first-order valence-corrected chi connectivity index (χ1v) is 8.27. The molecule has 3 fully saturated rings. The van der Waals surface area contributed by atoms with Crippen LogP contribution >= 0.6 is 0 Å². The molecule has 110 valence electrons. The molecule has 3 saturated carbocycles. The molecule has 0 bridgehead atoms. The fourth-order valence-electron chi connectivity index (χ4n) is 5.27. The van der Waals surface area contributed by atoms with Crippen LogP contribution < -0.4 is 0 Å². The Hall–Kier alpha value is -0.980. The minimum absolute atomic E-state index is 0.397. The molecule has 0 saturated heterocycles. The number of rotatable bonds is 1. The second-order valence-corrected chi connectivity index (χ2v) is 7.53. The Kier molecular flexibility index (Phi) is 3.56. The zero-order valence-corrected chi connectivity index (χ0v) is 13.0. The maximum absolute atomic E-state index is 9.44. The summed E-state index contributed by atoms with van der Waals surface area (Å²) in [5, 5.41) is 9.44. The number of hydrogen-bond acceptors (Lipinski definition) is 1. The average molecular weight is 272 g/mol. The van der Waals surface area contributed by atoms with Crippen molar-refractivity contribution < 1.29 is 5.11 Å². The summed E-state index contributed by atoms with van der Waals surface area (Å²) in [6, 6.07) is 0. The minimum atomic E-state index is 0.397. The molecule has 3 aliphatic carbocycles. The molecule has 0 spiro atoms. The maximum atomic E-state index is 9.44. The van der Waals surface area contributed by atoms with Crippen molar-refractivity contribution in [2.24, 2.45) is 23.2 Å². The summed E-state index contributed by atoms with van der Waals surface area (Å²) >= 11 is 0. The van der Waals surface area contributed by atoms with Crippen LogP contribution in [-0.4, -0.2) is 5.11 Å². The lowest BCUT2D eigenvalue weighted by Gasteiger charge is -2.50. The Morgan fingerprint density at radius 2 is 2.10 bits per heavy atom. The SMILES string of the molecule is C=C1CCC2C(CCC3(C)CCCC23)/C1=C/C=C(\C)O. The van der Waals surface area contributed by atoms with Crippen molar-refractivity contribution in [1.29, 1.82) is 0 Å².